The van der Waals surface area contributed by atoms with Gasteiger partial charge in [0.05, 0.1) is 0 Å². The van der Waals surface area contributed by atoms with Crippen LogP contribution in [0.4, 0.5) is 0 Å². The van der Waals surface area contributed by atoms with Gasteiger partial charge in [-0.2, -0.15) is 0 Å². The molecule has 0 atom stereocenters. The summed E-state index contributed by atoms with van der Waals surface area (Å²) in [7, 11) is 0. The maximum Gasteiger partial charge on any atom is -0.00173 e. The summed E-state index contributed by atoms with van der Waals surface area (Å²) < 4.78 is 0. The smallest absolute Gasteiger partial charge is 0.00173 e. The molecular formula is C17H27N. The maximum absolute atomic E-state index is 6.09. The second-order valence-electron chi connectivity index (χ2n) is 6.23. The van der Waals surface area contributed by atoms with E-state index in [0.29, 0.717) is 5.41 Å². The van der Waals surface area contributed by atoms with Gasteiger partial charge in [0.15, 0.2) is 0 Å². The van der Waals surface area contributed by atoms with Gasteiger partial charge in [-0.25, -0.2) is 0 Å². The Balaban J connectivity index is 2.05. The van der Waals surface area contributed by atoms with E-state index in [1.54, 1.807) is 0 Å². The van der Waals surface area contributed by atoms with Gasteiger partial charge in [-0.05, 0) is 54.7 Å². The summed E-state index contributed by atoms with van der Waals surface area (Å²) in [5.41, 5.74) is 9.36. The topological polar surface area (TPSA) is 26.0 Å². The van der Waals surface area contributed by atoms with Crippen LogP contribution in [0.1, 0.15) is 50.7 Å². The van der Waals surface area contributed by atoms with Gasteiger partial charge in [-0.15, -0.1) is 0 Å². The molecule has 0 heterocycles. The Bertz CT molecular complexity index is 358. The predicted molar refractivity (Wildman–Crippen MR) is 78.6 cm³/mol. The summed E-state index contributed by atoms with van der Waals surface area (Å²) in [5, 5.41) is 0. The summed E-state index contributed by atoms with van der Waals surface area (Å²) >= 11 is 0. The Labute approximate surface area is 112 Å². The van der Waals surface area contributed by atoms with E-state index in [9.17, 15) is 0 Å². The van der Waals surface area contributed by atoms with Crippen LogP contribution in [-0.4, -0.2) is 6.54 Å². The van der Waals surface area contributed by atoms with Gasteiger partial charge in [0.1, 0.15) is 0 Å². The third kappa shape index (κ3) is 3.14. The highest BCUT2D eigenvalue weighted by Gasteiger charge is 2.32. The van der Waals surface area contributed by atoms with Crippen molar-refractivity contribution in [1.29, 1.82) is 0 Å². The SMILES string of the molecule is CCc1ccc(CC2(CN)CCC(C)CC2)cc1. The lowest BCUT2D eigenvalue weighted by atomic mass is 9.68. The average molecular weight is 245 g/mol. The molecule has 1 aromatic rings. The fraction of sp³-hybridized carbons (Fsp3) is 0.647. The lowest BCUT2D eigenvalue weighted by Crippen LogP contribution is -2.36. The molecular weight excluding hydrogens is 218 g/mol. The molecule has 18 heavy (non-hydrogen) atoms. The van der Waals surface area contributed by atoms with E-state index in [2.05, 4.69) is 38.1 Å². The first-order valence-corrected chi connectivity index (χ1v) is 7.45. The van der Waals surface area contributed by atoms with Crippen LogP contribution in [0.25, 0.3) is 0 Å². The minimum Gasteiger partial charge on any atom is -0.330 e. The van der Waals surface area contributed by atoms with Crippen molar-refractivity contribution >= 4 is 0 Å². The summed E-state index contributed by atoms with van der Waals surface area (Å²) in [6.45, 7) is 5.42. The highest BCUT2D eigenvalue weighted by Crippen LogP contribution is 2.40. The summed E-state index contributed by atoms with van der Waals surface area (Å²) in [6, 6.07) is 9.14. The molecule has 0 unspecified atom stereocenters. The molecule has 0 aliphatic heterocycles. The number of nitrogens with two attached hydrogens (primary N) is 1. The molecule has 2 rings (SSSR count). The van der Waals surface area contributed by atoms with Gasteiger partial charge in [0.25, 0.3) is 0 Å². The van der Waals surface area contributed by atoms with E-state index in [4.69, 9.17) is 5.73 Å². The molecule has 0 saturated heterocycles. The molecule has 2 N–H and O–H groups in total. The summed E-state index contributed by atoms with van der Waals surface area (Å²) in [6.07, 6.45) is 7.61. The fourth-order valence-corrected chi connectivity index (χ4v) is 3.15. The van der Waals surface area contributed by atoms with Crippen molar-refractivity contribution in [3.05, 3.63) is 35.4 Å². The van der Waals surface area contributed by atoms with Gasteiger partial charge < -0.3 is 5.73 Å². The molecule has 0 bridgehead atoms. The molecule has 0 spiro atoms. The van der Waals surface area contributed by atoms with Crippen LogP contribution in [-0.2, 0) is 12.8 Å². The van der Waals surface area contributed by atoms with Crippen molar-refractivity contribution in [1.82, 2.24) is 0 Å². The number of benzene rings is 1. The van der Waals surface area contributed by atoms with Crippen LogP contribution in [0.3, 0.4) is 0 Å². The molecule has 1 fully saturated rings. The maximum atomic E-state index is 6.09. The Morgan fingerprint density at radius 2 is 1.67 bits per heavy atom. The standard InChI is InChI=1S/C17H27N/c1-3-15-4-6-16(7-5-15)12-17(13-18)10-8-14(2)9-11-17/h4-7,14H,3,8-13,18H2,1-2H3. The van der Waals surface area contributed by atoms with Gasteiger partial charge in [-0.1, -0.05) is 51.0 Å². The Hall–Kier alpha value is -0.820. The highest BCUT2D eigenvalue weighted by molar-refractivity contribution is 5.23. The monoisotopic (exact) mass is 245 g/mol. The molecule has 100 valence electrons. The summed E-state index contributed by atoms with van der Waals surface area (Å²) in [4.78, 5) is 0. The normalized spacial score (nSPS) is 28.3. The van der Waals surface area contributed by atoms with E-state index < -0.39 is 0 Å². The zero-order valence-electron chi connectivity index (χ0n) is 11.9. The molecule has 1 aliphatic rings. The van der Waals surface area contributed by atoms with E-state index in [1.165, 1.54) is 43.2 Å². The molecule has 1 saturated carbocycles. The van der Waals surface area contributed by atoms with Crippen molar-refractivity contribution in [2.75, 3.05) is 6.54 Å². The summed E-state index contributed by atoms with van der Waals surface area (Å²) in [5.74, 6) is 0.896. The zero-order valence-corrected chi connectivity index (χ0v) is 11.9. The van der Waals surface area contributed by atoms with E-state index >= 15 is 0 Å². The Morgan fingerprint density at radius 1 is 1.11 bits per heavy atom. The first-order chi connectivity index (χ1) is 8.67. The lowest BCUT2D eigenvalue weighted by Gasteiger charge is -2.39. The van der Waals surface area contributed by atoms with Gasteiger partial charge in [0, 0.05) is 0 Å². The van der Waals surface area contributed by atoms with E-state index in [0.717, 1.165) is 18.9 Å². The Kier molecular flexibility index (Phi) is 4.45. The molecule has 1 aliphatic carbocycles. The minimum absolute atomic E-state index is 0.375. The van der Waals surface area contributed by atoms with Crippen LogP contribution in [0.15, 0.2) is 24.3 Å². The van der Waals surface area contributed by atoms with Crippen LogP contribution in [0, 0.1) is 11.3 Å². The van der Waals surface area contributed by atoms with Crippen LogP contribution >= 0.6 is 0 Å². The molecule has 0 aromatic heterocycles. The average Bonchev–Trinajstić information content (AvgIpc) is 2.43. The first-order valence-electron chi connectivity index (χ1n) is 7.45. The van der Waals surface area contributed by atoms with Gasteiger partial charge >= 0.3 is 0 Å². The molecule has 1 aromatic carbocycles. The second kappa shape index (κ2) is 5.88. The van der Waals surface area contributed by atoms with Crippen molar-refractivity contribution in [3.8, 4) is 0 Å². The quantitative estimate of drug-likeness (QED) is 0.854. The lowest BCUT2D eigenvalue weighted by molar-refractivity contribution is 0.163. The first kappa shape index (κ1) is 13.6. The van der Waals surface area contributed by atoms with Crippen LogP contribution in [0.5, 0.6) is 0 Å². The molecule has 0 radical (unpaired) electrons. The predicted octanol–water partition coefficient (Wildman–Crippen LogP) is 3.95. The Morgan fingerprint density at radius 3 is 2.17 bits per heavy atom. The van der Waals surface area contributed by atoms with Crippen molar-refractivity contribution < 1.29 is 0 Å². The molecule has 0 amide bonds. The van der Waals surface area contributed by atoms with Crippen molar-refractivity contribution in [3.63, 3.8) is 0 Å². The van der Waals surface area contributed by atoms with Crippen molar-refractivity contribution in [2.24, 2.45) is 17.1 Å². The number of hydrogen-bond acceptors (Lipinski definition) is 1. The van der Waals surface area contributed by atoms with Crippen LogP contribution < -0.4 is 5.73 Å². The molecule has 1 heteroatoms. The third-order valence-electron chi connectivity index (χ3n) is 4.78. The zero-order chi connectivity index (χ0) is 13.0. The largest absolute Gasteiger partial charge is 0.330 e. The fourth-order valence-electron chi connectivity index (χ4n) is 3.15. The second-order valence-corrected chi connectivity index (χ2v) is 6.23. The van der Waals surface area contributed by atoms with Gasteiger partial charge in [0.2, 0.25) is 0 Å². The highest BCUT2D eigenvalue weighted by atomic mass is 14.6. The third-order valence-corrected chi connectivity index (χ3v) is 4.78. The van der Waals surface area contributed by atoms with Crippen LogP contribution in [0.2, 0.25) is 0 Å². The van der Waals surface area contributed by atoms with E-state index in [1.807, 2.05) is 0 Å². The van der Waals surface area contributed by atoms with E-state index in [-0.39, 0.29) is 0 Å². The molecule has 1 nitrogen and oxygen atoms in total. The van der Waals surface area contributed by atoms with Gasteiger partial charge in [-0.3, -0.25) is 0 Å². The number of rotatable bonds is 4. The van der Waals surface area contributed by atoms with Crippen molar-refractivity contribution in [2.45, 2.75) is 52.4 Å². The number of hydrogen-bond donors (Lipinski definition) is 1. The number of aryl methyl sites for hydroxylation is 1. The minimum atomic E-state index is 0.375.